The minimum absolute atomic E-state index is 0.0915. The summed E-state index contributed by atoms with van der Waals surface area (Å²) in [6.07, 6.45) is 0. The summed E-state index contributed by atoms with van der Waals surface area (Å²) < 4.78 is 27.7. The Labute approximate surface area is 148 Å². The minimum atomic E-state index is -0.719. The molecule has 2 rings (SSSR count). The summed E-state index contributed by atoms with van der Waals surface area (Å²) >= 11 is 3.49. The SMILES string of the molecule is C[C@@H](Sc1nnc(SCC(N)=O)s1)C(=O)Nc1cc(F)ccc1F. The summed E-state index contributed by atoms with van der Waals surface area (Å²) in [7, 11) is 0. The summed E-state index contributed by atoms with van der Waals surface area (Å²) in [5.74, 6) is -2.23. The summed E-state index contributed by atoms with van der Waals surface area (Å²) in [4.78, 5) is 22.8. The zero-order chi connectivity index (χ0) is 17.7. The number of hydrogen-bond acceptors (Lipinski definition) is 7. The van der Waals surface area contributed by atoms with E-state index in [1.165, 1.54) is 11.3 Å². The maximum Gasteiger partial charge on any atom is 0.237 e. The van der Waals surface area contributed by atoms with Crippen LogP contribution in [-0.2, 0) is 9.59 Å². The van der Waals surface area contributed by atoms with Crippen LogP contribution in [0, 0.1) is 11.6 Å². The van der Waals surface area contributed by atoms with E-state index >= 15 is 0 Å². The molecule has 1 heterocycles. The molecule has 1 atom stereocenters. The quantitative estimate of drug-likeness (QED) is 0.705. The van der Waals surface area contributed by atoms with Crippen LogP contribution >= 0.6 is 34.9 Å². The van der Waals surface area contributed by atoms with Crippen LogP contribution in [0.4, 0.5) is 14.5 Å². The first-order valence-electron chi connectivity index (χ1n) is 6.52. The zero-order valence-electron chi connectivity index (χ0n) is 12.3. The number of hydrogen-bond donors (Lipinski definition) is 2. The van der Waals surface area contributed by atoms with Gasteiger partial charge < -0.3 is 11.1 Å². The van der Waals surface area contributed by atoms with Crippen molar-refractivity contribution < 1.29 is 18.4 Å². The van der Waals surface area contributed by atoms with Gasteiger partial charge in [0.05, 0.1) is 16.7 Å². The molecule has 2 amide bonds. The third kappa shape index (κ3) is 5.42. The lowest BCUT2D eigenvalue weighted by Gasteiger charge is -2.10. The predicted octanol–water partition coefficient (Wildman–Crippen LogP) is 2.51. The number of anilines is 1. The van der Waals surface area contributed by atoms with Crippen molar-refractivity contribution in [3.63, 3.8) is 0 Å². The number of thioether (sulfide) groups is 2. The normalized spacial score (nSPS) is 12.0. The topological polar surface area (TPSA) is 98.0 Å². The van der Waals surface area contributed by atoms with Gasteiger partial charge >= 0.3 is 0 Å². The van der Waals surface area contributed by atoms with Crippen molar-refractivity contribution in [2.45, 2.75) is 20.9 Å². The molecule has 1 aromatic heterocycles. The molecular formula is C13H12F2N4O2S3. The fraction of sp³-hybridized carbons (Fsp3) is 0.231. The van der Waals surface area contributed by atoms with Gasteiger partial charge in [0, 0.05) is 6.07 Å². The number of rotatable bonds is 7. The average Bonchev–Trinajstić information content (AvgIpc) is 2.96. The van der Waals surface area contributed by atoms with Gasteiger partial charge in [0.2, 0.25) is 11.8 Å². The molecule has 0 aliphatic heterocycles. The van der Waals surface area contributed by atoms with Gasteiger partial charge in [-0.2, -0.15) is 0 Å². The van der Waals surface area contributed by atoms with Gasteiger partial charge in [0.25, 0.3) is 0 Å². The molecule has 24 heavy (non-hydrogen) atoms. The van der Waals surface area contributed by atoms with E-state index in [-0.39, 0.29) is 11.4 Å². The molecule has 128 valence electrons. The highest BCUT2D eigenvalue weighted by Gasteiger charge is 2.19. The molecule has 0 aliphatic rings. The number of aromatic nitrogens is 2. The number of amides is 2. The van der Waals surface area contributed by atoms with Gasteiger partial charge in [-0.15, -0.1) is 10.2 Å². The van der Waals surface area contributed by atoms with Crippen molar-refractivity contribution in [2.75, 3.05) is 11.1 Å². The maximum absolute atomic E-state index is 13.5. The Morgan fingerprint density at radius 3 is 2.75 bits per heavy atom. The molecule has 0 radical (unpaired) electrons. The van der Waals surface area contributed by atoms with Crippen molar-refractivity contribution >= 4 is 52.4 Å². The molecule has 6 nitrogen and oxygen atoms in total. The highest BCUT2D eigenvalue weighted by molar-refractivity contribution is 8.04. The third-order valence-corrected chi connectivity index (χ3v) is 5.82. The van der Waals surface area contributed by atoms with Gasteiger partial charge in [-0.05, 0) is 19.1 Å². The lowest BCUT2D eigenvalue weighted by molar-refractivity contribution is -0.116. The second kappa shape index (κ2) is 8.40. The van der Waals surface area contributed by atoms with E-state index < -0.39 is 28.7 Å². The monoisotopic (exact) mass is 390 g/mol. The maximum atomic E-state index is 13.5. The van der Waals surface area contributed by atoms with E-state index in [0.717, 1.165) is 41.7 Å². The molecular weight excluding hydrogens is 378 g/mol. The number of primary amides is 1. The summed E-state index contributed by atoms with van der Waals surface area (Å²) in [5.41, 5.74) is 4.82. The Balaban J connectivity index is 1.94. The molecule has 0 unspecified atom stereocenters. The highest BCUT2D eigenvalue weighted by atomic mass is 32.2. The Kier molecular flexibility index (Phi) is 6.52. The molecule has 2 aromatic rings. The Hall–Kier alpha value is -1.72. The number of halogens is 2. The van der Waals surface area contributed by atoms with Crippen molar-refractivity contribution in [2.24, 2.45) is 5.73 Å². The molecule has 0 saturated heterocycles. The Morgan fingerprint density at radius 2 is 2.04 bits per heavy atom. The number of benzene rings is 1. The van der Waals surface area contributed by atoms with Crippen molar-refractivity contribution in [1.29, 1.82) is 0 Å². The van der Waals surface area contributed by atoms with Crippen LogP contribution < -0.4 is 11.1 Å². The van der Waals surface area contributed by atoms with Gasteiger partial charge in [0.1, 0.15) is 11.6 Å². The minimum Gasteiger partial charge on any atom is -0.369 e. The zero-order valence-corrected chi connectivity index (χ0v) is 14.7. The van der Waals surface area contributed by atoms with Crippen molar-refractivity contribution in [3.8, 4) is 0 Å². The van der Waals surface area contributed by atoms with Crippen molar-refractivity contribution in [3.05, 3.63) is 29.8 Å². The summed E-state index contributed by atoms with van der Waals surface area (Å²) in [6, 6.07) is 2.82. The van der Waals surface area contributed by atoms with Crippen molar-refractivity contribution in [1.82, 2.24) is 10.2 Å². The van der Waals surface area contributed by atoms with Crippen LogP contribution in [-0.4, -0.2) is 33.0 Å². The van der Waals surface area contributed by atoms with E-state index in [9.17, 15) is 18.4 Å². The van der Waals surface area contributed by atoms with E-state index in [2.05, 4.69) is 15.5 Å². The van der Waals surface area contributed by atoms with Crippen LogP contribution in [0.25, 0.3) is 0 Å². The van der Waals surface area contributed by atoms with Gasteiger partial charge in [-0.3, -0.25) is 9.59 Å². The van der Waals surface area contributed by atoms with Crippen LogP contribution in [0.2, 0.25) is 0 Å². The molecule has 0 spiro atoms. The second-order valence-corrected chi connectivity index (χ2v) is 8.25. The molecule has 11 heteroatoms. The first kappa shape index (κ1) is 18.6. The number of carbonyl (C=O) groups is 2. The Morgan fingerprint density at radius 1 is 1.33 bits per heavy atom. The van der Waals surface area contributed by atoms with E-state index in [1.807, 2.05) is 0 Å². The van der Waals surface area contributed by atoms with Gasteiger partial charge in [0.15, 0.2) is 8.68 Å². The largest absolute Gasteiger partial charge is 0.369 e. The number of nitrogens with one attached hydrogen (secondary N) is 1. The number of nitrogens with zero attached hydrogens (tertiary/aromatic N) is 2. The Bertz CT molecular complexity index is 757. The van der Waals surface area contributed by atoms with Crippen LogP contribution in [0.5, 0.6) is 0 Å². The fourth-order valence-electron chi connectivity index (χ4n) is 1.47. The first-order valence-corrected chi connectivity index (χ1v) is 9.20. The van der Waals surface area contributed by atoms with Crippen LogP contribution in [0.3, 0.4) is 0 Å². The fourth-order valence-corrected chi connectivity index (χ4v) is 4.37. The molecule has 0 aliphatic carbocycles. The van der Waals surface area contributed by atoms with E-state index in [1.54, 1.807) is 6.92 Å². The third-order valence-electron chi connectivity index (χ3n) is 2.56. The predicted molar refractivity (Wildman–Crippen MR) is 90.1 cm³/mol. The van der Waals surface area contributed by atoms with Gasteiger partial charge in [-0.25, -0.2) is 8.78 Å². The van der Waals surface area contributed by atoms with Gasteiger partial charge in [-0.1, -0.05) is 34.9 Å². The summed E-state index contributed by atoms with van der Waals surface area (Å²) in [5, 5.41) is 9.50. The van der Waals surface area contributed by atoms with Crippen LogP contribution in [0.1, 0.15) is 6.92 Å². The average molecular weight is 390 g/mol. The first-order chi connectivity index (χ1) is 11.3. The molecule has 0 saturated carbocycles. The molecule has 3 N–H and O–H groups in total. The highest BCUT2D eigenvalue weighted by Crippen LogP contribution is 2.31. The smallest absolute Gasteiger partial charge is 0.237 e. The van der Waals surface area contributed by atoms with E-state index in [4.69, 9.17) is 5.73 Å². The summed E-state index contributed by atoms with van der Waals surface area (Å²) in [6.45, 7) is 1.61. The standard InChI is InChI=1S/C13H12F2N4O2S3/c1-6(11(21)17-9-4-7(14)2-3-8(9)15)23-13-19-18-12(24-13)22-5-10(16)20/h2-4,6H,5H2,1H3,(H2,16,20)(H,17,21)/t6-/m1/s1. The van der Waals surface area contributed by atoms with Crippen LogP contribution in [0.15, 0.2) is 26.9 Å². The number of nitrogens with two attached hydrogens (primary N) is 1. The van der Waals surface area contributed by atoms with E-state index in [0.29, 0.717) is 8.68 Å². The lowest BCUT2D eigenvalue weighted by Crippen LogP contribution is -2.23. The lowest BCUT2D eigenvalue weighted by atomic mass is 10.3. The molecule has 0 bridgehead atoms. The molecule has 0 fully saturated rings. The molecule has 1 aromatic carbocycles. The second-order valence-electron chi connectivity index (χ2n) is 4.46. The number of carbonyl (C=O) groups excluding carboxylic acids is 2.